The fraction of sp³-hybridized carbons (Fsp3) is 0.880. The summed E-state index contributed by atoms with van der Waals surface area (Å²) < 4.78 is 23.6. The third-order valence-electron chi connectivity index (χ3n) is 6.69. The smallest absolute Gasteiger partial charge is 0.334 e. The summed E-state index contributed by atoms with van der Waals surface area (Å²) in [5, 5.41) is 0. The molecule has 2 saturated heterocycles. The Hall–Kier alpha value is -1.11. The van der Waals surface area contributed by atoms with Crippen LogP contribution in [0.3, 0.4) is 0 Å². The molecule has 1 unspecified atom stereocenters. The van der Waals surface area contributed by atoms with E-state index in [1.54, 1.807) is 6.92 Å². The van der Waals surface area contributed by atoms with Crippen molar-refractivity contribution < 1.29 is 23.7 Å². The number of piperidine rings is 1. The van der Waals surface area contributed by atoms with Crippen molar-refractivity contribution in [3.05, 3.63) is 11.8 Å². The predicted molar refractivity (Wildman–Crippen MR) is 123 cm³/mol. The zero-order valence-electron chi connectivity index (χ0n) is 20.9. The highest BCUT2D eigenvalue weighted by Crippen LogP contribution is 2.47. The number of nitrogens with zero attached hydrogens (tertiary/aromatic N) is 1. The molecule has 0 radical (unpaired) electrons. The monoisotopic (exact) mass is 439 g/mol. The van der Waals surface area contributed by atoms with Gasteiger partial charge in [0, 0.05) is 23.9 Å². The van der Waals surface area contributed by atoms with E-state index in [0.29, 0.717) is 25.6 Å². The molecule has 0 N–H and O–H groups in total. The molecular weight excluding hydrogens is 394 g/mol. The minimum absolute atomic E-state index is 0.0208. The number of carbonyl (C=O) groups excluding carboxylic acids is 1. The number of likely N-dealkylation sites (tertiary alicyclic amines) is 1. The Labute approximate surface area is 189 Å². The van der Waals surface area contributed by atoms with Gasteiger partial charge in [0.2, 0.25) is 0 Å². The lowest BCUT2D eigenvalue weighted by molar-refractivity contribution is -0.243. The molecule has 2 fully saturated rings. The number of allylic oxidation sites excluding steroid dienone is 1. The zero-order chi connectivity index (χ0) is 23.1. The average molecular weight is 440 g/mol. The molecule has 0 bridgehead atoms. The maximum atomic E-state index is 12.0. The Kier molecular flexibility index (Phi) is 9.41. The summed E-state index contributed by atoms with van der Waals surface area (Å²) in [5.41, 5.74) is -0.0415. The molecule has 2 rings (SSSR count). The highest BCUT2D eigenvalue weighted by molar-refractivity contribution is 5.82. The Bertz CT molecular complexity index is 595. The molecular formula is C25H45NO5. The Morgan fingerprint density at radius 2 is 1.65 bits per heavy atom. The first-order valence-electron chi connectivity index (χ1n) is 12.0. The number of unbranched alkanes of at least 4 members (excludes halogenated alkanes) is 5. The van der Waals surface area contributed by atoms with Crippen LogP contribution in [0.5, 0.6) is 0 Å². The van der Waals surface area contributed by atoms with E-state index < -0.39 is 5.79 Å². The number of hydrogen-bond acceptors (Lipinski definition) is 6. The van der Waals surface area contributed by atoms with Crippen molar-refractivity contribution in [3.63, 3.8) is 0 Å². The van der Waals surface area contributed by atoms with Crippen LogP contribution < -0.4 is 0 Å². The number of carbonyl (C=O) groups is 1. The van der Waals surface area contributed by atoms with E-state index in [0.717, 1.165) is 25.7 Å². The zero-order valence-corrected chi connectivity index (χ0v) is 20.9. The van der Waals surface area contributed by atoms with Gasteiger partial charge < -0.3 is 18.9 Å². The third-order valence-corrected chi connectivity index (χ3v) is 6.69. The van der Waals surface area contributed by atoms with Crippen LogP contribution in [-0.4, -0.2) is 60.7 Å². The molecule has 0 aliphatic carbocycles. The second-order valence-corrected chi connectivity index (χ2v) is 10.5. The van der Waals surface area contributed by atoms with Gasteiger partial charge in [-0.2, -0.15) is 0 Å². The largest absolute Gasteiger partial charge is 0.495 e. The number of esters is 1. The molecule has 0 aromatic rings. The van der Waals surface area contributed by atoms with Crippen LogP contribution in [-0.2, 0) is 23.7 Å². The summed E-state index contributed by atoms with van der Waals surface area (Å²) in [6, 6.07) is 0. The maximum absolute atomic E-state index is 12.0. The van der Waals surface area contributed by atoms with Gasteiger partial charge in [-0.05, 0) is 48.1 Å². The molecule has 1 atom stereocenters. The van der Waals surface area contributed by atoms with E-state index in [1.807, 2.05) is 0 Å². The van der Waals surface area contributed by atoms with Crippen molar-refractivity contribution in [2.75, 3.05) is 26.9 Å². The van der Waals surface area contributed by atoms with Gasteiger partial charge in [0.1, 0.15) is 18.5 Å². The molecule has 0 aromatic carbocycles. The Balaban J connectivity index is 1.72. The van der Waals surface area contributed by atoms with Crippen LogP contribution in [0.1, 0.15) is 92.9 Å². The molecule has 1 spiro atoms. The van der Waals surface area contributed by atoms with Crippen LogP contribution >= 0.6 is 0 Å². The van der Waals surface area contributed by atoms with Gasteiger partial charge in [0.15, 0.2) is 5.79 Å². The molecule has 0 aromatic heterocycles. The second kappa shape index (κ2) is 11.2. The second-order valence-electron chi connectivity index (χ2n) is 10.5. The highest BCUT2D eigenvalue weighted by Gasteiger charge is 2.55. The fourth-order valence-corrected chi connectivity index (χ4v) is 4.85. The van der Waals surface area contributed by atoms with Crippen molar-refractivity contribution in [2.45, 2.75) is 116 Å². The summed E-state index contributed by atoms with van der Waals surface area (Å²) in [6.45, 7) is 14.3. The summed E-state index contributed by atoms with van der Waals surface area (Å²) in [5.74, 6) is -0.368. The standard InChI is InChI=1S/C25H45NO5/c1-8-9-10-11-12-13-14-28-22(27)15-20(2)29-16-21-17-30-25(31-21)18-23(3,4)26(7)24(5,6)19-25/h15,21H,8-14,16-19H2,1-7H3. The van der Waals surface area contributed by atoms with Gasteiger partial charge >= 0.3 is 5.97 Å². The van der Waals surface area contributed by atoms with Crippen molar-refractivity contribution in [2.24, 2.45) is 0 Å². The van der Waals surface area contributed by atoms with Gasteiger partial charge in [-0.15, -0.1) is 0 Å². The molecule has 2 aliphatic rings. The number of ether oxygens (including phenoxy) is 4. The summed E-state index contributed by atoms with van der Waals surface area (Å²) in [4.78, 5) is 14.4. The molecule has 180 valence electrons. The van der Waals surface area contributed by atoms with Crippen LogP contribution in [0.15, 0.2) is 11.8 Å². The predicted octanol–water partition coefficient (Wildman–Crippen LogP) is 5.21. The Morgan fingerprint density at radius 1 is 1.03 bits per heavy atom. The molecule has 6 heteroatoms. The van der Waals surface area contributed by atoms with E-state index in [1.165, 1.54) is 31.8 Å². The normalized spacial score (nSPS) is 25.0. The average Bonchev–Trinajstić information content (AvgIpc) is 3.04. The quantitative estimate of drug-likeness (QED) is 0.191. The van der Waals surface area contributed by atoms with E-state index >= 15 is 0 Å². The topological polar surface area (TPSA) is 57.2 Å². The first kappa shape index (κ1) is 26.1. The maximum Gasteiger partial charge on any atom is 0.334 e. The third kappa shape index (κ3) is 7.76. The molecule has 2 heterocycles. The van der Waals surface area contributed by atoms with E-state index in [9.17, 15) is 4.79 Å². The number of hydrogen-bond donors (Lipinski definition) is 0. The van der Waals surface area contributed by atoms with Gasteiger partial charge in [0.05, 0.1) is 19.3 Å². The van der Waals surface area contributed by atoms with Gasteiger partial charge in [-0.25, -0.2) is 4.79 Å². The summed E-state index contributed by atoms with van der Waals surface area (Å²) >= 11 is 0. The van der Waals surface area contributed by atoms with Crippen LogP contribution in [0.4, 0.5) is 0 Å². The van der Waals surface area contributed by atoms with Crippen molar-refractivity contribution in [1.82, 2.24) is 4.90 Å². The lowest BCUT2D eigenvalue weighted by Crippen LogP contribution is -2.64. The van der Waals surface area contributed by atoms with Crippen LogP contribution in [0.25, 0.3) is 0 Å². The molecule has 31 heavy (non-hydrogen) atoms. The lowest BCUT2D eigenvalue weighted by Gasteiger charge is -2.56. The van der Waals surface area contributed by atoms with E-state index in [4.69, 9.17) is 18.9 Å². The van der Waals surface area contributed by atoms with Crippen molar-refractivity contribution in [3.8, 4) is 0 Å². The van der Waals surface area contributed by atoms with Crippen molar-refractivity contribution in [1.29, 1.82) is 0 Å². The first-order chi connectivity index (χ1) is 14.5. The van der Waals surface area contributed by atoms with E-state index in [-0.39, 0.29) is 23.2 Å². The molecule has 0 saturated carbocycles. The SMILES string of the molecule is CCCCCCCCOC(=O)C=C(C)OCC1COC2(CC(C)(C)N(C)C(C)(C)C2)O1. The van der Waals surface area contributed by atoms with Gasteiger partial charge in [0.25, 0.3) is 0 Å². The number of rotatable bonds is 11. The van der Waals surface area contributed by atoms with Crippen molar-refractivity contribution >= 4 is 5.97 Å². The first-order valence-corrected chi connectivity index (χ1v) is 12.0. The Morgan fingerprint density at radius 3 is 2.29 bits per heavy atom. The lowest BCUT2D eigenvalue weighted by atomic mass is 9.76. The van der Waals surface area contributed by atoms with Gasteiger partial charge in [-0.3, -0.25) is 4.90 Å². The summed E-state index contributed by atoms with van der Waals surface area (Å²) in [6.07, 6.45) is 9.93. The van der Waals surface area contributed by atoms with E-state index in [2.05, 4.69) is 46.6 Å². The molecule has 0 amide bonds. The highest BCUT2D eigenvalue weighted by atomic mass is 16.8. The molecule has 6 nitrogen and oxygen atoms in total. The minimum Gasteiger partial charge on any atom is -0.495 e. The van der Waals surface area contributed by atoms with Gasteiger partial charge in [-0.1, -0.05) is 39.0 Å². The fourth-order valence-electron chi connectivity index (χ4n) is 4.85. The van der Waals surface area contributed by atoms with Crippen LogP contribution in [0.2, 0.25) is 0 Å². The molecule has 2 aliphatic heterocycles. The summed E-state index contributed by atoms with van der Waals surface area (Å²) in [7, 11) is 2.17. The minimum atomic E-state index is -0.568. The van der Waals surface area contributed by atoms with Crippen LogP contribution in [0, 0.1) is 0 Å².